The SMILES string of the molecule is CCC(C)(CC)c1ccccc1I. The van der Waals surface area contributed by atoms with Gasteiger partial charge in [0.2, 0.25) is 0 Å². The van der Waals surface area contributed by atoms with E-state index in [4.69, 9.17) is 0 Å². The van der Waals surface area contributed by atoms with Gasteiger partial charge in [0.1, 0.15) is 0 Å². The Balaban J connectivity index is 3.12. The van der Waals surface area contributed by atoms with Crippen LogP contribution in [-0.2, 0) is 5.41 Å². The van der Waals surface area contributed by atoms with E-state index in [2.05, 4.69) is 67.6 Å². The summed E-state index contributed by atoms with van der Waals surface area (Å²) in [6.07, 6.45) is 2.42. The van der Waals surface area contributed by atoms with Crippen molar-refractivity contribution in [3.05, 3.63) is 33.4 Å². The summed E-state index contributed by atoms with van der Waals surface area (Å²) in [6.45, 7) is 6.89. The minimum absolute atomic E-state index is 0.359. The predicted octanol–water partition coefficient (Wildman–Crippen LogP) is 4.37. The third-order valence-electron chi connectivity index (χ3n) is 3.08. The summed E-state index contributed by atoms with van der Waals surface area (Å²) < 4.78 is 1.39. The average molecular weight is 288 g/mol. The van der Waals surface area contributed by atoms with Crippen LogP contribution < -0.4 is 0 Å². The summed E-state index contributed by atoms with van der Waals surface area (Å²) in [5.74, 6) is 0. The van der Waals surface area contributed by atoms with Gasteiger partial charge in [-0.3, -0.25) is 0 Å². The molecule has 0 amide bonds. The van der Waals surface area contributed by atoms with Gasteiger partial charge in [-0.1, -0.05) is 39.0 Å². The first-order chi connectivity index (χ1) is 6.14. The summed E-state index contributed by atoms with van der Waals surface area (Å²) in [5, 5.41) is 0. The lowest BCUT2D eigenvalue weighted by Gasteiger charge is -2.28. The number of rotatable bonds is 3. The van der Waals surface area contributed by atoms with Crippen molar-refractivity contribution in [2.24, 2.45) is 0 Å². The second-order valence-corrected chi connectivity index (χ2v) is 4.91. The highest BCUT2D eigenvalue weighted by Gasteiger charge is 2.23. The van der Waals surface area contributed by atoms with Crippen LogP contribution >= 0.6 is 22.6 Å². The molecule has 0 aliphatic carbocycles. The summed E-state index contributed by atoms with van der Waals surface area (Å²) in [5.41, 5.74) is 1.86. The molecule has 0 nitrogen and oxygen atoms in total. The smallest absolute Gasteiger partial charge is 0.0167 e. The molecular weight excluding hydrogens is 271 g/mol. The Bertz CT molecular complexity index is 274. The van der Waals surface area contributed by atoms with Crippen LogP contribution in [0.25, 0.3) is 0 Å². The molecule has 0 bridgehead atoms. The second kappa shape index (κ2) is 4.45. The van der Waals surface area contributed by atoms with Gasteiger partial charge in [0.15, 0.2) is 0 Å². The van der Waals surface area contributed by atoms with Gasteiger partial charge in [-0.15, -0.1) is 0 Å². The maximum Gasteiger partial charge on any atom is 0.0167 e. The highest BCUT2D eigenvalue weighted by molar-refractivity contribution is 14.1. The lowest BCUT2D eigenvalue weighted by molar-refractivity contribution is 0.437. The van der Waals surface area contributed by atoms with Crippen LogP contribution in [0.15, 0.2) is 24.3 Å². The molecule has 0 aliphatic heterocycles. The van der Waals surface area contributed by atoms with Crippen molar-refractivity contribution < 1.29 is 0 Å². The molecule has 0 saturated carbocycles. The van der Waals surface area contributed by atoms with Gasteiger partial charge in [0.05, 0.1) is 0 Å². The van der Waals surface area contributed by atoms with Gasteiger partial charge >= 0.3 is 0 Å². The van der Waals surface area contributed by atoms with E-state index in [0.29, 0.717) is 5.41 Å². The van der Waals surface area contributed by atoms with Crippen molar-refractivity contribution in [2.45, 2.75) is 39.0 Å². The highest BCUT2D eigenvalue weighted by Crippen LogP contribution is 2.33. The molecule has 0 radical (unpaired) electrons. The Labute approximate surface area is 94.9 Å². The zero-order valence-corrected chi connectivity index (χ0v) is 10.8. The van der Waals surface area contributed by atoms with Crippen LogP contribution in [-0.4, -0.2) is 0 Å². The summed E-state index contributed by atoms with van der Waals surface area (Å²) >= 11 is 2.43. The quantitative estimate of drug-likeness (QED) is 0.724. The standard InChI is InChI=1S/C12H17I/c1-4-12(3,5-2)10-8-6-7-9-11(10)13/h6-9H,4-5H2,1-3H3. The largest absolute Gasteiger partial charge is 0.0645 e. The van der Waals surface area contributed by atoms with Crippen LogP contribution in [0, 0.1) is 3.57 Å². The predicted molar refractivity (Wildman–Crippen MR) is 67.1 cm³/mol. The molecule has 0 spiro atoms. The Morgan fingerprint density at radius 3 is 2.15 bits per heavy atom. The van der Waals surface area contributed by atoms with Crippen molar-refractivity contribution >= 4 is 22.6 Å². The van der Waals surface area contributed by atoms with Crippen LogP contribution in [0.1, 0.15) is 39.2 Å². The van der Waals surface area contributed by atoms with Gasteiger partial charge in [-0.25, -0.2) is 0 Å². The van der Waals surface area contributed by atoms with Crippen LogP contribution in [0.4, 0.5) is 0 Å². The lowest BCUT2D eigenvalue weighted by Crippen LogP contribution is -2.20. The van der Waals surface area contributed by atoms with E-state index in [1.54, 1.807) is 0 Å². The van der Waals surface area contributed by atoms with Crippen LogP contribution in [0.2, 0.25) is 0 Å². The molecule has 1 heteroatoms. The van der Waals surface area contributed by atoms with Gasteiger partial charge in [-0.05, 0) is 52.5 Å². The summed E-state index contributed by atoms with van der Waals surface area (Å²) in [4.78, 5) is 0. The fourth-order valence-electron chi connectivity index (χ4n) is 1.58. The van der Waals surface area contributed by atoms with Gasteiger partial charge in [0, 0.05) is 3.57 Å². The van der Waals surface area contributed by atoms with Crippen molar-refractivity contribution in [2.75, 3.05) is 0 Å². The average Bonchev–Trinajstić information content (AvgIpc) is 2.17. The molecular formula is C12H17I. The number of hydrogen-bond acceptors (Lipinski definition) is 0. The van der Waals surface area contributed by atoms with Crippen molar-refractivity contribution in [1.82, 2.24) is 0 Å². The Morgan fingerprint density at radius 2 is 1.69 bits per heavy atom. The number of hydrogen-bond donors (Lipinski definition) is 0. The normalized spacial score (nSPS) is 11.7. The van der Waals surface area contributed by atoms with E-state index < -0.39 is 0 Å². The molecule has 0 saturated heterocycles. The molecule has 13 heavy (non-hydrogen) atoms. The first-order valence-electron chi connectivity index (χ1n) is 4.89. The summed E-state index contributed by atoms with van der Waals surface area (Å²) in [7, 11) is 0. The maximum atomic E-state index is 2.43. The highest BCUT2D eigenvalue weighted by atomic mass is 127. The number of benzene rings is 1. The monoisotopic (exact) mass is 288 g/mol. The first kappa shape index (κ1) is 11.0. The van der Waals surface area contributed by atoms with Gasteiger partial charge < -0.3 is 0 Å². The lowest BCUT2D eigenvalue weighted by atomic mass is 9.78. The molecule has 1 rings (SSSR count). The zero-order chi connectivity index (χ0) is 9.90. The van der Waals surface area contributed by atoms with Crippen molar-refractivity contribution in [3.8, 4) is 0 Å². The van der Waals surface area contributed by atoms with Crippen LogP contribution in [0.3, 0.4) is 0 Å². The van der Waals surface area contributed by atoms with Gasteiger partial charge in [0.25, 0.3) is 0 Å². The Morgan fingerprint density at radius 1 is 1.15 bits per heavy atom. The van der Waals surface area contributed by atoms with Crippen molar-refractivity contribution in [3.63, 3.8) is 0 Å². The van der Waals surface area contributed by atoms with E-state index in [1.165, 1.54) is 22.0 Å². The molecule has 0 unspecified atom stereocenters. The Kier molecular flexibility index (Phi) is 3.77. The molecule has 0 atom stereocenters. The van der Waals surface area contributed by atoms with E-state index in [9.17, 15) is 0 Å². The molecule has 0 aromatic heterocycles. The van der Waals surface area contributed by atoms with E-state index in [0.717, 1.165) is 0 Å². The minimum atomic E-state index is 0.359. The molecule has 1 aromatic carbocycles. The summed E-state index contributed by atoms with van der Waals surface area (Å²) in [6, 6.07) is 8.70. The van der Waals surface area contributed by atoms with Crippen molar-refractivity contribution in [1.29, 1.82) is 0 Å². The molecule has 0 N–H and O–H groups in total. The fraction of sp³-hybridized carbons (Fsp3) is 0.500. The third kappa shape index (κ3) is 2.25. The third-order valence-corrected chi connectivity index (χ3v) is 4.03. The number of halogens is 1. The molecule has 0 heterocycles. The maximum absolute atomic E-state index is 2.43. The molecule has 0 fully saturated rings. The van der Waals surface area contributed by atoms with E-state index in [-0.39, 0.29) is 0 Å². The van der Waals surface area contributed by atoms with Crippen LogP contribution in [0.5, 0.6) is 0 Å². The van der Waals surface area contributed by atoms with E-state index in [1.807, 2.05) is 0 Å². The van der Waals surface area contributed by atoms with Gasteiger partial charge in [-0.2, -0.15) is 0 Å². The second-order valence-electron chi connectivity index (χ2n) is 3.75. The van der Waals surface area contributed by atoms with E-state index >= 15 is 0 Å². The fourth-order valence-corrected chi connectivity index (χ4v) is 2.62. The minimum Gasteiger partial charge on any atom is -0.0645 e. The first-order valence-corrected chi connectivity index (χ1v) is 5.97. The Hall–Kier alpha value is -0.0500. The topological polar surface area (TPSA) is 0 Å². The molecule has 1 aromatic rings. The molecule has 0 aliphatic rings. The zero-order valence-electron chi connectivity index (χ0n) is 8.60. The molecule has 72 valence electrons.